The van der Waals surface area contributed by atoms with Gasteiger partial charge in [-0.2, -0.15) is 9.97 Å². The molecule has 1 unspecified atom stereocenters. The third-order valence-electron chi connectivity index (χ3n) is 4.22. The smallest absolute Gasteiger partial charge is 0.227 e. The summed E-state index contributed by atoms with van der Waals surface area (Å²) in [5.41, 5.74) is 2.06. The first-order valence-electron chi connectivity index (χ1n) is 8.17. The van der Waals surface area contributed by atoms with Crippen LogP contribution in [0.5, 0.6) is 0 Å². The highest BCUT2D eigenvalue weighted by Crippen LogP contribution is 2.27. The van der Waals surface area contributed by atoms with Gasteiger partial charge < -0.3 is 14.4 Å². The summed E-state index contributed by atoms with van der Waals surface area (Å²) < 4.78 is 10.2. The Morgan fingerprint density at radius 3 is 2.80 bits per heavy atom. The number of rotatable bonds is 5. The van der Waals surface area contributed by atoms with E-state index in [9.17, 15) is 4.79 Å². The van der Waals surface area contributed by atoms with Gasteiger partial charge in [0.25, 0.3) is 0 Å². The third-order valence-corrected chi connectivity index (χ3v) is 4.22. The Kier molecular flexibility index (Phi) is 4.01. The number of nitrogens with zero attached hydrogens (tertiary/aromatic N) is 4. The van der Waals surface area contributed by atoms with E-state index in [0.717, 1.165) is 17.7 Å². The summed E-state index contributed by atoms with van der Waals surface area (Å²) in [6, 6.07) is 7.87. The van der Waals surface area contributed by atoms with Crippen LogP contribution in [0.2, 0.25) is 0 Å². The normalized spacial score (nSPS) is 16.5. The van der Waals surface area contributed by atoms with Crippen molar-refractivity contribution in [3.8, 4) is 0 Å². The molecule has 1 aliphatic heterocycles. The van der Waals surface area contributed by atoms with Gasteiger partial charge in [0.15, 0.2) is 11.6 Å². The standard InChI is InChI=1S/C17H17N5O3/c1-10-18-14(21-24-10)9-15-20-16(25-22-15)7-6-12-8-11-4-2-3-5-13(11)19-17(12)23/h2-5,12H,6-9H2,1H3,(H,19,23). The van der Waals surface area contributed by atoms with Gasteiger partial charge >= 0.3 is 0 Å². The molecule has 0 spiro atoms. The van der Waals surface area contributed by atoms with Crippen LogP contribution in [0.3, 0.4) is 0 Å². The van der Waals surface area contributed by atoms with Crippen LogP contribution in [0.15, 0.2) is 33.3 Å². The quantitative estimate of drug-likeness (QED) is 0.758. The summed E-state index contributed by atoms with van der Waals surface area (Å²) in [6.45, 7) is 1.73. The van der Waals surface area contributed by atoms with Crippen molar-refractivity contribution in [1.29, 1.82) is 0 Å². The van der Waals surface area contributed by atoms with E-state index in [1.54, 1.807) is 6.92 Å². The summed E-state index contributed by atoms with van der Waals surface area (Å²) in [7, 11) is 0. The molecule has 4 rings (SSSR count). The van der Waals surface area contributed by atoms with Gasteiger partial charge in [0, 0.05) is 24.9 Å². The van der Waals surface area contributed by atoms with E-state index < -0.39 is 0 Å². The first-order chi connectivity index (χ1) is 12.2. The van der Waals surface area contributed by atoms with E-state index in [1.165, 1.54) is 0 Å². The SMILES string of the molecule is Cc1nc(Cc2noc(CCC3Cc4ccccc4NC3=O)n2)no1. The molecule has 1 atom stereocenters. The maximum absolute atomic E-state index is 12.2. The summed E-state index contributed by atoms with van der Waals surface area (Å²) >= 11 is 0. The maximum Gasteiger partial charge on any atom is 0.227 e. The van der Waals surface area contributed by atoms with Crippen LogP contribution in [0.4, 0.5) is 5.69 Å². The highest BCUT2D eigenvalue weighted by atomic mass is 16.5. The molecule has 1 aliphatic rings. The van der Waals surface area contributed by atoms with Gasteiger partial charge in [-0.25, -0.2) is 0 Å². The molecule has 8 heteroatoms. The number of benzene rings is 1. The second-order valence-electron chi connectivity index (χ2n) is 6.10. The van der Waals surface area contributed by atoms with Gasteiger partial charge in [0.2, 0.25) is 17.7 Å². The lowest BCUT2D eigenvalue weighted by atomic mass is 9.90. The number of aromatic nitrogens is 4. The number of carbonyl (C=O) groups excluding carboxylic acids is 1. The third kappa shape index (κ3) is 3.42. The molecule has 128 valence electrons. The minimum Gasteiger partial charge on any atom is -0.340 e. The molecule has 3 aromatic rings. The molecular formula is C17H17N5O3. The Bertz CT molecular complexity index is 901. The van der Waals surface area contributed by atoms with Gasteiger partial charge in [0.1, 0.15) is 0 Å². The number of nitrogens with one attached hydrogen (secondary N) is 1. The summed E-state index contributed by atoms with van der Waals surface area (Å²) in [5.74, 6) is 2.00. The van der Waals surface area contributed by atoms with E-state index in [4.69, 9.17) is 9.05 Å². The Hall–Kier alpha value is -3.03. The van der Waals surface area contributed by atoms with Crippen LogP contribution in [-0.2, 0) is 24.1 Å². The van der Waals surface area contributed by atoms with Crippen molar-refractivity contribution in [2.45, 2.75) is 32.6 Å². The van der Waals surface area contributed by atoms with Crippen LogP contribution in [0.25, 0.3) is 0 Å². The molecule has 8 nitrogen and oxygen atoms in total. The molecule has 25 heavy (non-hydrogen) atoms. The number of para-hydroxylation sites is 1. The second-order valence-corrected chi connectivity index (χ2v) is 6.10. The van der Waals surface area contributed by atoms with Crippen molar-refractivity contribution >= 4 is 11.6 Å². The number of amides is 1. The van der Waals surface area contributed by atoms with Crippen LogP contribution in [0, 0.1) is 12.8 Å². The highest BCUT2D eigenvalue weighted by Gasteiger charge is 2.26. The zero-order valence-electron chi connectivity index (χ0n) is 13.7. The van der Waals surface area contributed by atoms with E-state index in [2.05, 4.69) is 25.6 Å². The molecule has 1 amide bonds. The fraction of sp³-hybridized carbons (Fsp3) is 0.353. The van der Waals surface area contributed by atoms with Crippen molar-refractivity contribution < 1.29 is 13.8 Å². The van der Waals surface area contributed by atoms with Crippen molar-refractivity contribution in [2.75, 3.05) is 5.32 Å². The lowest BCUT2D eigenvalue weighted by Gasteiger charge is -2.24. The Balaban J connectivity index is 1.36. The first-order valence-corrected chi connectivity index (χ1v) is 8.17. The van der Waals surface area contributed by atoms with Crippen molar-refractivity contribution in [2.24, 2.45) is 5.92 Å². The monoisotopic (exact) mass is 339 g/mol. The zero-order chi connectivity index (χ0) is 17.2. The van der Waals surface area contributed by atoms with Crippen LogP contribution in [0.1, 0.15) is 35.4 Å². The number of hydrogen-bond donors (Lipinski definition) is 1. The van der Waals surface area contributed by atoms with Gasteiger partial charge in [-0.3, -0.25) is 4.79 Å². The average Bonchev–Trinajstić information content (AvgIpc) is 3.22. The molecule has 0 radical (unpaired) electrons. The van der Waals surface area contributed by atoms with E-state index in [1.807, 2.05) is 24.3 Å². The summed E-state index contributed by atoms with van der Waals surface area (Å²) in [5, 5.41) is 10.7. The molecule has 1 N–H and O–H groups in total. The molecule has 0 aliphatic carbocycles. The van der Waals surface area contributed by atoms with E-state index >= 15 is 0 Å². The molecule has 0 fully saturated rings. The number of carbonyl (C=O) groups is 1. The van der Waals surface area contributed by atoms with Gasteiger partial charge in [0.05, 0.1) is 6.42 Å². The van der Waals surface area contributed by atoms with Gasteiger partial charge in [-0.05, 0) is 24.5 Å². The van der Waals surface area contributed by atoms with Crippen LogP contribution < -0.4 is 5.32 Å². The number of hydrogen-bond acceptors (Lipinski definition) is 7. The van der Waals surface area contributed by atoms with Crippen molar-refractivity contribution in [3.05, 3.63) is 53.3 Å². The number of aryl methyl sites for hydroxylation is 2. The zero-order valence-corrected chi connectivity index (χ0v) is 13.7. The summed E-state index contributed by atoms with van der Waals surface area (Å²) in [4.78, 5) is 20.7. The second kappa shape index (κ2) is 6.46. The number of anilines is 1. The molecule has 2 aromatic heterocycles. The Labute approximate surface area is 143 Å². The Morgan fingerprint density at radius 2 is 1.96 bits per heavy atom. The lowest BCUT2D eigenvalue weighted by Crippen LogP contribution is -2.30. The van der Waals surface area contributed by atoms with Gasteiger partial charge in [-0.15, -0.1) is 0 Å². The predicted octanol–water partition coefficient (Wildman–Crippen LogP) is 2.10. The van der Waals surface area contributed by atoms with Crippen molar-refractivity contribution in [3.63, 3.8) is 0 Å². The lowest BCUT2D eigenvalue weighted by molar-refractivity contribution is -0.120. The fourth-order valence-corrected chi connectivity index (χ4v) is 2.96. The minimum absolute atomic E-state index is 0.0423. The largest absolute Gasteiger partial charge is 0.340 e. The molecule has 0 saturated heterocycles. The minimum atomic E-state index is -0.0925. The molecular weight excluding hydrogens is 322 g/mol. The molecule has 0 bridgehead atoms. The van der Waals surface area contributed by atoms with Crippen LogP contribution >= 0.6 is 0 Å². The molecule has 3 heterocycles. The summed E-state index contributed by atoms with van der Waals surface area (Å²) in [6.07, 6.45) is 2.30. The van der Waals surface area contributed by atoms with Gasteiger partial charge in [-0.1, -0.05) is 28.5 Å². The topological polar surface area (TPSA) is 107 Å². The van der Waals surface area contributed by atoms with Crippen LogP contribution in [-0.4, -0.2) is 26.2 Å². The molecule has 0 saturated carbocycles. The number of fused-ring (bicyclic) bond motifs is 1. The first kappa shape index (κ1) is 15.5. The van der Waals surface area contributed by atoms with Crippen molar-refractivity contribution in [1.82, 2.24) is 20.3 Å². The van der Waals surface area contributed by atoms with E-state index in [0.29, 0.717) is 42.7 Å². The molecule has 1 aromatic carbocycles. The fourth-order valence-electron chi connectivity index (χ4n) is 2.96. The maximum atomic E-state index is 12.2. The highest BCUT2D eigenvalue weighted by molar-refractivity contribution is 5.95. The predicted molar refractivity (Wildman–Crippen MR) is 86.7 cm³/mol. The Morgan fingerprint density at radius 1 is 1.16 bits per heavy atom. The van der Waals surface area contributed by atoms with E-state index in [-0.39, 0.29) is 11.8 Å². The average molecular weight is 339 g/mol.